The molecule has 12 rings (SSSR count). The third kappa shape index (κ3) is 5.78. The van der Waals surface area contributed by atoms with Crippen molar-refractivity contribution in [1.82, 2.24) is 0 Å². The van der Waals surface area contributed by atoms with Crippen LogP contribution >= 0.6 is 0 Å². The summed E-state index contributed by atoms with van der Waals surface area (Å²) in [6.07, 6.45) is 1.84. The molecular weight excluding hydrogens is 749 g/mol. The zero-order chi connectivity index (χ0) is 41.5. The molecule has 2 aliphatic rings. The zero-order valence-electron chi connectivity index (χ0n) is 35.4. The summed E-state index contributed by atoms with van der Waals surface area (Å²) in [5, 5.41) is 7.44. The first-order valence-corrected chi connectivity index (χ1v) is 21.9. The van der Waals surface area contributed by atoms with Crippen LogP contribution in [0, 0.1) is 0 Å². The summed E-state index contributed by atoms with van der Waals surface area (Å²) in [6.45, 7) is 6.89. The van der Waals surface area contributed by atoms with E-state index in [1.807, 2.05) is 0 Å². The first-order valence-electron chi connectivity index (χ1n) is 21.9. The Labute approximate surface area is 364 Å². The molecule has 0 unspecified atom stereocenters. The number of hydrogen-bond acceptors (Lipinski definition) is 2. The second kappa shape index (κ2) is 14.1. The van der Waals surface area contributed by atoms with Gasteiger partial charge in [0.1, 0.15) is 0 Å². The van der Waals surface area contributed by atoms with Crippen LogP contribution in [0.3, 0.4) is 0 Å². The zero-order valence-corrected chi connectivity index (χ0v) is 35.4. The first-order chi connectivity index (χ1) is 30.4. The SMILES string of the molecule is CC(C)(C)c1ccc(-c2c3cc(N4c5ccccc5Cc5ccccc54)ccc3c(-c3cccc4ccccc34)c3cc(N4c5ccccc5Cc5ccccc54)ccc23)cc1. The van der Waals surface area contributed by atoms with Crippen molar-refractivity contribution in [3.05, 3.63) is 228 Å². The maximum Gasteiger partial charge on any atom is 0.0497 e. The predicted molar refractivity (Wildman–Crippen MR) is 264 cm³/mol. The van der Waals surface area contributed by atoms with Gasteiger partial charge >= 0.3 is 0 Å². The molecule has 0 saturated heterocycles. The number of hydrogen-bond donors (Lipinski definition) is 0. The van der Waals surface area contributed by atoms with Gasteiger partial charge in [-0.25, -0.2) is 0 Å². The van der Waals surface area contributed by atoms with E-state index in [0.717, 1.165) is 24.2 Å². The maximum atomic E-state index is 2.48. The van der Waals surface area contributed by atoms with Crippen molar-refractivity contribution in [3.63, 3.8) is 0 Å². The van der Waals surface area contributed by atoms with Gasteiger partial charge in [0.2, 0.25) is 0 Å². The molecule has 0 N–H and O–H groups in total. The highest BCUT2D eigenvalue weighted by Crippen LogP contribution is 2.52. The Balaban J connectivity index is 1.20. The van der Waals surface area contributed by atoms with Crippen molar-refractivity contribution in [2.75, 3.05) is 9.80 Å². The lowest BCUT2D eigenvalue weighted by molar-refractivity contribution is 0.590. The minimum atomic E-state index is 0.0407. The molecular formula is C60H46N2. The van der Waals surface area contributed by atoms with Crippen LogP contribution in [-0.2, 0) is 18.3 Å². The quantitative estimate of drug-likeness (QED) is 0.164. The van der Waals surface area contributed by atoms with Gasteiger partial charge in [-0.15, -0.1) is 0 Å². The molecule has 0 bridgehead atoms. The topological polar surface area (TPSA) is 6.48 Å². The lowest BCUT2D eigenvalue weighted by Gasteiger charge is -2.34. The molecule has 2 aliphatic heterocycles. The van der Waals surface area contributed by atoms with Crippen molar-refractivity contribution in [1.29, 1.82) is 0 Å². The molecule has 0 spiro atoms. The van der Waals surface area contributed by atoms with Gasteiger partial charge in [-0.05, 0) is 136 Å². The molecule has 296 valence electrons. The van der Waals surface area contributed by atoms with E-state index < -0.39 is 0 Å². The van der Waals surface area contributed by atoms with E-state index in [9.17, 15) is 0 Å². The monoisotopic (exact) mass is 794 g/mol. The highest BCUT2D eigenvalue weighted by Gasteiger charge is 2.28. The fraction of sp³-hybridized carbons (Fsp3) is 0.100. The molecule has 10 aromatic carbocycles. The van der Waals surface area contributed by atoms with Gasteiger partial charge in [-0.3, -0.25) is 0 Å². The van der Waals surface area contributed by atoms with E-state index in [2.05, 4.69) is 231 Å². The smallest absolute Gasteiger partial charge is 0.0497 e. The van der Waals surface area contributed by atoms with Crippen LogP contribution in [0.25, 0.3) is 54.6 Å². The minimum Gasteiger partial charge on any atom is -0.310 e. The van der Waals surface area contributed by atoms with Crippen LogP contribution in [-0.4, -0.2) is 0 Å². The van der Waals surface area contributed by atoms with Crippen LogP contribution in [0.5, 0.6) is 0 Å². The highest BCUT2D eigenvalue weighted by molar-refractivity contribution is 6.24. The van der Waals surface area contributed by atoms with Crippen molar-refractivity contribution < 1.29 is 0 Å². The molecule has 0 aliphatic carbocycles. The second-order valence-corrected chi connectivity index (χ2v) is 18.1. The van der Waals surface area contributed by atoms with E-state index in [0.29, 0.717) is 0 Å². The van der Waals surface area contributed by atoms with Gasteiger partial charge in [0.25, 0.3) is 0 Å². The highest BCUT2D eigenvalue weighted by atomic mass is 15.2. The Bertz CT molecular complexity index is 3310. The average molecular weight is 795 g/mol. The van der Waals surface area contributed by atoms with Crippen molar-refractivity contribution in [2.45, 2.75) is 39.0 Å². The van der Waals surface area contributed by atoms with E-state index in [4.69, 9.17) is 0 Å². The molecule has 2 heterocycles. The van der Waals surface area contributed by atoms with Gasteiger partial charge < -0.3 is 9.80 Å². The minimum absolute atomic E-state index is 0.0407. The lowest BCUT2D eigenvalue weighted by atomic mass is 9.82. The van der Waals surface area contributed by atoms with Gasteiger partial charge in [-0.2, -0.15) is 0 Å². The molecule has 2 heteroatoms. The third-order valence-corrected chi connectivity index (χ3v) is 13.4. The molecule has 10 aromatic rings. The second-order valence-electron chi connectivity index (χ2n) is 18.1. The molecule has 62 heavy (non-hydrogen) atoms. The molecule has 0 radical (unpaired) electrons. The van der Waals surface area contributed by atoms with Gasteiger partial charge in [-0.1, -0.05) is 172 Å². The van der Waals surface area contributed by atoms with Crippen molar-refractivity contribution in [3.8, 4) is 22.3 Å². The molecule has 0 saturated carbocycles. The van der Waals surface area contributed by atoms with Crippen molar-refractivity contribution >= 4 is 66.4 Å². The summed E-state index contributed by atoms with van der Waals surface area (Å²) in [4.78, 5) is 4.97. The summed E-state index contributed by atoms with van der Waals surface area (Å²) in [5.41, 5.74) is 19.0. The predicted octanol–water partition coefficient (Wildman–Crippen LogP) is 16.5. The number of nitrogens with zero attached hydrogens (tertiary/aromatic N) is 2. The summed E-state index contributed by atoms with van der Waals surface area (Å²) >= 11 is 0. The Morgan fingerprint density at radius 2 is 0.790 bits per heavy atom. The van der Waals surface area contributed by atoms with Crippen LogP contribution in [0.15, 0.2) is 200 Å². The van der Waals surface area contributed by atoms with E-state index >= 15 is 0 Å². The number of fused-ring (bicyclic) bond motifs is 7. The largest absolute Gasteiger partial charge is 0.310 e. The summed E-state index contributed by atoms with van der Waals surface area (Å²) in [5.74, 6) is 0. The third-order valence-electron chi connectivity index (χ3n) is 13.4. The van der Waals surface area contributed by atoms with E-state index in [-0.39, 0.29) is 5.41 Å². The molecule has 0 amide bonds. The van der Waals surface area contributed by atoms with E-state index in [1.54, 1.807) is 0 Å². The fourth-order valence-corrected chi connectivity index (χ4v) is 10.4. The average Bonchev–Trinajstić information content (AvgIpc) is 3.31. The molecule has 0 fully saturated rings. The van der Waals surface area contributed by atoms with Gasteiger partial charge in [0.05, 0.1) is 0 Å². The molecule has 0 aromatic heterocycles. The van der Waals surface area contributed by atoms with Crippen LogP contribution in [0.4, 0.5) is 34.1 Å². The fourth-order valence-electron chi connectivity index (χ4n) is 10.4. The van der Waals surface area contributed by atoms with Crippen LogP contribution in [0.1, 0.15) is 48.6 Å². The molecule has 0 atom stereocenters. The number of rotatable bonds is 4. The Morgan fingerprint density at radius 1 is 0.355 bits per heavy atom. The lowest BCUT2D eigenvalue weighted by Crippen LogP contribution is -2.18. The van der Waals surface area contributed by atoms with E-state index in [1.165, 1.54) is 105 Å². The summed E-state index contributed by atoms with van der Waals surface area (Å²) in [6, 6.07) is 75.1. The van der Waals surface area contributed by atoms with Gasteiger partial charge in [0.15, 0.2) is 0 Å². The molecule has 2 nitrogen and oxygen atoms in total. The van der Waals surface area contributed by atoms with Crippen molar-refractivity contribution in [2.24, 2.45) is 0 Å². The Morgan fingerprint density at radius 3 is 1.31 bits per heavy atom. The number of benzene rings is 10. The first kappa shape index (κ1) is 36.4. The van der Waals surface area contributed by atoms with Gasteiger partial charge in [0, 0.05) is 47.0 Å². The summed E-state index contributed by atoms with van der Waals surface area (Å²) < 4.78 is 0. The Kier molecular flexibility index (Phi) is 8.27. The number of anilines is 6. The summed E-state index contributed by atoms with van der Waals surface area (Å²) in [7, 11) is 0. The standard InChI is InChI=1S/C60H46N2/c1-60(2,3)45-29-27-40(28-30-45)58-50-33-31-47(62-56-25-12-7-18-43(56)36-44-19-8-13-26-57(44)62)38-53(50)59(49-22-14-20-39-15-4-9-21-48(39)49)51-34-32-46(37-52(51)58)61-54-23-10-5-16-41(54)35-42-17-6-11-24-55(42)61/h4-34,37-38H,35-36H2,1-3H3. The Hall–Kier alpha value is -7.42. The normalized spacial score (nSPS) is 13.2. The number of para-hydroxylation sites is 4. The maximum absolute atomic E-state index is 2.48. The van der Waals surface area contributed by atoms with Crippen LogP contribution in [0.2, 0.25) is 0 Å². The van der Waals surface area contributed by atoms with Crippen LogP contribution < -0.4 is 9.80 Å².